The van der Waals surface area contributed by atoms with Crippen LogP contribution in [-0.2, 0) is 16.1 Å². The summed E-state index contributed by atoms with van der Waals surface area (Å²) in [6, 6.07) is 9.78. The van der Waals surface area contributed by atoms with Crippen molar-refractivity contribution in [3.63, 3.8) is 0 Å². The molecule has 3 heteroatoms. The second-order valence-electron chi connectivity index (χ2n) is 4.14. The van der Waals surface area contributed by atoms with E-state index in [-0.39, 0.29) is 11.9 Å². The number of nitrogens with one attached hydrogen (secondary N) is 1. The van der Waals surface area contributed by atoms with Crippen molar-refractivity contribution >= 4 is 5.97 Å². The fourth-order valence-electron chi connectivity index (χ4n) is 1.90. The first-order valence-electron chi connectivity index (χ1n) is 5.77. The summed E-state index contributed by atoms with van der Waals surface area (Å²) < 4.78 is 5.29. The third kappa shape index (κ3) is 3.07. The third-order valence-corrected chi connectivity index (χ3v) is 2.85. The lowest BCUT2D eigenvalue weighted by molar-refractivity contribution is -0.150. The standard InChI is InChI=1S/C13H17NO2/c15-13(12-7-4-8-14-9-12)16-10-11-5-2-1-3-6-11/h1-3,5-6,12,14H,4,7-10H2/t12-/m0/s1. The highest BCUT2D eigenvalue weighted by Crippen LogP contribution is 2.12. The summed E-state index contributed by atoms with van der Waals surface area (Å²) in [4.78, 5) is 11.7. The Balaban J connectivity index is 1.79. The first-order valence-corrected chi connectivity index (χ1v) is 5.77. The first kappa shape index (κ1) is 11.1. The second-order valence-corrected chi connectivity index (χ2v) is 4.14. The highest BCUT2D eigenvalue weighted by Gasteiger charge is 2.21. The van der Waals surface area contributed by atoms with E-state index < -0.39 is 0 Å². The maximum Gasteiger partial charge on any atom is 0.310 e. The molecule has 1 atom stereocenters. The highest BCUT2D eigenvalue weighted by molar-refractivity contribution is 5.72. The quantitative estimate of drug-likeness (QED) is 0.787. The van der Waals surface area contributed by atoms with Crippen molar-refractivity contribution in [3.8, 4) is 0 Å². The Morgan fingerprint density at radius 1 is 1.38 bits per heavy atom. The zero-order valence-electron chi connectivity index (χ0n) is 9.32. The van der Waals surface area contributed by atoms with E-state index in [4.69, 9.17) is 4.74 Å². The summed E-state index contributed by atoms with van der Waals surface area (Å²) in [5.74, 6) is -0.0338. The van der Waals surface area contributed by atoms with Gasteiger partial charge < -0.3 is 10.1 Å². The topological polar surface area (TPSA) is 38.3 Å². The first-order chi connectivity index (χ1) is 7.86. The molecule has 1 aromatic rings. The number of benzene rings is 1. The lowest BCUT2D eigenvalue weighted by Crippen LogP contribution is -2.35. The van der Waals surface area contributed by atoms with E-state index in [1.807, 2.05) is 30.3 Å². The number of hydrogen-bond donors (Lipinski definition) is 1. The van der Waals surface area contributed by atoms with Gasteiger partial charge >= 0.3 is 5.97 Å². The maximum atomic E-state index is 11.7. The van der Waals surface area contributed by atoms with Crippen LogP contribution < -0.4 is 5.32 Å². The summed E-state index contributed by atoms with van der Waals surface area (Å²) in [5.41, 5.74) is 1.04. The van der Waals surface area contributed by atoms with Crippen molar-refractivity contribution in [1.82, 2.24) is 5.32 Å². The van der Waals surface area contributed by atoms with Crippen molar-refractivity contribution in [2.45, 2.75) is 19.4 Å². The van der Waals surface area contributed by atoms with Crippen LogP contribution in [0.4, 0.5) is 0 Å². The summed E-state index contributed by atoms with van der Waals surface area (Å²) >= 11 is 0. The molecule has 16 heavy (non-hydrogen) atoms. The second kappa shape index (κ2) is 5.66. The van der Waals surface area contributed by atoms with Crippen LogP contribution in [0, 0.1) is 5.92 Å². The predicted octanol–water partition coefficient (Wildman–Crippen LogP) is 1.73. The van der Waals surface area contributed by atoms with Gasteiger partial charge in [0.2, 0.25) is 0 Å². The molecule has 0 aliphatic carbocycles. The largest absolute Gasteiger partial charge is 0.461 e. The van der Waals surface area contributed by atoms with Gasteiger partial charge in [-0.05, 0) is 24.9 Å². The van der Waals surface area contributed by atoms with Crippen molar-refractivity contribution < 1.29 is 9.53 Å². The van der Waals surface area contributed by atoms with Crippen LogP contribution in [-0.4, -0.2) is 19.1 Å². The van der Waals surface area contributed by atoms with Gasteiger partial charge in [0.25, 0.3) is 0 Å². The molecular formula is C13H17NO2. The fourth-order valence-corrected chi connectivity index (χ4v) is 1.90. The van der Waals surface area contributed by atoms with Gasteiger partial charge in [-0.1, -0.05) is 30.3 Å². The Labute approximate surface area is 95.8 Å². The third-order valence-electron chi connectivity index (χ3n) is 2.85. The zero-order valence-corrected chi connectivity index (χ0v) is 9.32. The van der Waals surface area contributed by atoms with Crippen molar-refractivity contribution in [2.24, 2.45) is 5.92 Å². The highest BCUT2D eigenvalue weighted by atomic mass is 16.5. The van der Waals surface area contributed by atoms with Gasteiger partial charge in [0.15, 0.2) is 0 Å². The van der Waals surface area contributed by atoms with E-state index in [0.717, 1.165) is 31.5 Å². The van der Waals surface area contributed by atoms with Crippen LogP contribution in [0.15, 0.2) is 30.3 Å². The number of rotatable bonds is 3. The summed E-state index contributed by atoms with van der Waals surface area (Å²) in [6.07, 6.45) is 2.01. The molecule has 1 heterocycles. The van der Waals surface area contributed by atoms with Gasteiger partial charge in [0.1, 0.15) is 6.61 Å². The Morgan fingerprint density at radius 2 is 2.19 bits per heavy atom. The van der Waals surface area contributed by atoms with Gasteiger partial charge in [-0.2, -0.15) is 0 Å². The van der Waals surface area contributed by atoms with Crippen molar-refractivity contribution in [2.75, 3.05) is 13.1 Å². The summed E-state index contributed by atoms with van der Waals surface area (Å²) in [7, 11) is 0. The zero-order chi connectivity index (χ0) is 11.2. The molecule has 3 nitrogen and oxygen atoms in total. The van der Waals surface area contributed by atoms with Crippen molar-refractivity contribution in [1.29, 1.82) is 0 Å². The number of carbonyl (C=O) groups excluding carboxylic acids is 1. The Morgan fingerprint density at radius 3 is 2.88 bits per heavy atom. The molecule has 0 radical (unpaired) electrons. The van der Waals surface area contributed by atoms with Crippen LogP contribution >= 0.6 is 0 Å². The van der Waals surface area contributed by atoms with Crippen molar-refractivity contribution in [3.05, 3.63) is 35.9 Å². The number of piperidine rings is 1. The monoisotopic (exact) mass is 219 g/mol. The van der Waals surface area contributed by atoms with E-state index in [2.05, 4.69) is 5.32 Å². The van der Waals surface area contributed by atoms with E-state index in [1.165, 1.54) is 0 Å². The van der Waals surface area contributed by atoms with Crippen LogP contribution in [0.5, 0.6) is 0 Å². The van der Waals surface area contributed by atoms with Crippen LogP contribution in [0.1, 0.15) is 18.4 Å². The van der Waals surface area contributed by atoms with Gasteiger partial charge in [-0.15, -0.1) is 0 Å². The van der Waals surface area contributed by atoms with Crippen LogP contribution in [0.25, 0.3) is 0 Å². The molecule has 0 saturated carbocycles. The summed E-state index contributed by atoms with van der Waals surface area (Å²) in [5, 5.41) is 3.21. The lowest BCUT2D eigenvalue weighted by atomic mass is 10.0. The molecule has 1 fully saturated rings. The summed E-state index contributed by atoms with van der Waals surface area (Å²) in [6.45, 7) is 2.16. The van der Waals surface area contributed by atoms with Gasteiger partial charge in [-0.25, -0.2) is 0 Å². The molecule has 1 saturated heterocycles. The van der Waals surface area contributed by atoms with E-state index >= 15 is 0 Å². The van der Waals surface area contributed by atoms with E-state index in [9.17, 15) is 4.79 Å². The number of hydrogen-bond acceptors (Lipinski definition) is 3. The molecule has 1 aromatic carbocycles. The maximum absolute atomic E-state index is 11.7. The molecular weight excluding hydrogens is 202 g/mol. The molecule has 0 bridgehead atoms. The number of esters is 1. The molecule has 1 aliphatic heterocycles. The average molecular weight is 219 g/mol. The molecule has 1 aliphatic rings. The molecule has 0 amide bonds. The Kier molecular flexibility index (Phi) is 3.94. The fraction of sp³-hybridized carbons (Fsp3) is 0.462. The van der Waals surface area contributed by atoms with E-state index in [1.54, 1.807) is 0 Å². The molecule has 86 valence electrons. The van der Waals surface area contributed by atoms with Crippen LogP contribution in [0.3, 0.4) is 0 Å². The number of ether oxygens (including phenoxy) is 1. The average Bonchev–Trinajstić information content (AvgIpc) is 2.38. The molecule has 0 unspecified atom stereocenters. The molecule has 2 rings (SSSR count). The number of carbonyl (C=O) groups is 1. The lowest BCUT2D eigenvalue weighted by Gasteiger charge is -2.21. The molecule has 0 spiro atoms. The van der Waals surface area contributed by atoms with Gasteiger partial charge in [0.05, 0.1) is 5.92 Å². The van der Waals surface area contributed by atoms with Gasteiger partial charge in [0, 0.05) is 6.54 Å². The minimum Gasteiger partial charge on any atom is -0.461 e. The Hall–Kier alpha value is -1.35. The molecule has 1 N–H and O–H groups in total. The minimum atomic E-state index is -0.0731. The minimum absolute atomic E-state index is 0.0393. The Bertz CT molecular complexity index is 331. The van der Waals surface area contributed by atoms with E-state index in [0.29, 0.717) is 6.61 Å². The normalized spacial score (nSPS) is 20.4. The van der Waals surface area contributed by atoms with Crippen LogP contribution in [0.2, 0.25) is 0 Å². The smallest absolute Gasteiger partial charge is 0.310 e. The SMILES string of the molecule is O=C(OCc1ccccc1)[C@H]1CCCNC1. The van der Waals surface area contributed by atoms with Gasteiger partial charge in [-0.3, -0.25) is 4.79 Å². The molecule has 0 aromatic heterocycles. The predicted molar refractivity (Wildman–Crippen MR) is 61.8 cm³/mol.